The average molecular weight is 288 g/mol. The Labute approximate surface area is 100 Å². The highest BCUT2D eigenvalue weighted by Crippen LogP contribution is 2.63. The summed E-state index contributed by atoms with van der Waals surface area (Å²) in [5, 5.41) is -0.172. The minimum Gasteiger partial charge on any atom is -0.301 e. The van der Waals surface area contributed by atoms with Crippen LogP contribution in [0.3, 0.4) is 0 Å². The van der Waals surface area contributed by atoms with Crippen LogP contribution in [0.2, 0.25) is 0 Å². The lowest BCUT2D eigenvalue weighted by atomic mass is 10.4. The van der Waals surface area contributed by atoms with Crippen LogP contribution < -0.4 is 0 Å². The zero-order chi connectivity index (χ0) is 12.2. The van der Waals surface area contributed by atoms with Gasteiger partial charge in [0.15, 0.2) is 9.84 Å². The van der Waals surface area contributed by atoms with E-state index in [0.29, 0.717) is 19.6 Å². The highest BCUT2D eigenvalue weighted by atomic mass is 32.7. The summed E-state index contributed by atoms with van der Waals surface area (Å²) in [4.78, 5) is 0. The first-order chi connectivity index (χ1) is 7.41. The lowest BCUT2D eigenvalue weighted by Gasteiger charge is -2.18. The van der Waals surface area contributed by atoms with Crippen molar-refractivity contribution in [2.75, 3.05) is 24.7 Å². The molecule has 0 bridgehead atoms. The Morgan fingerprint density at radius 1 is 1.31 bits per heavy atom. The molecule has 96 valence electrons. The predicted molar refractivity (Wildman–Crippen MR) is 65.5 cm³/mol. The van der Waals surface area contributed by atoms with Crippen LogP contribution in [0.25, 0.3) is 0 Å². The molecule has 1 rings (SSSR count). The third-order valence-electron chi connectivity index (χ3n) is 2.04. The minimum atomic E-state index is -3.17. The second-order valence-electron chi connectivity index (χ2n) is 3.41. The van der Waals surface area contributed by atoms with Crippen molar-refractivity contribution >= 4 is 28.0 Å². The van der Waals surface area contributed by atoms with Gasteiger partial charge in [-0.3, -0.25) is 0 Å². The largest absolute Gasteiger partial charge is 0.389 e. The SMILES string of the molecule is CCOP(=O)(OCC)SC1CCS(=O)(=O)C1. The highest BCUT2D eigenvalue weighted by molar-refractivity contribution is 8.55. The van der Waals surface area contributed by atoms with E-state index in [4.69, 9.17) is 9.05 Å². The first-order valence-corrected chi connectivity index (χ1v) is 10.0. The van der Waals surface area contributed by atoms with Gasteiger partial charge in [0.25, 0.3) is 0 Å². The maximum atomic E-state index is 12.1. The lowest BCUT2D eigenvalue weighted by molar-refractivity contribution is 0.236. The van der Waals surface area contributed by atoms with Gasteiger partial charge in [-0.1, -0.05) is 0 Å². The molecule has 0 aromatic carbocycles. The second kappa shape index (κ2) is 5.87. The molecule has 1 saturated heterocycles. The van der Waals surface area contributed by atoms with Gasteiger partial charge >= 0.3 is 6.80 Å². The smallest absolute Gasteiger partial charge is 0.301 e. The van der Waals surface area contributed by atoms with Crippen molar-refractivity contribution in [1.29, 1.82) is 0 Å². The van der Waals surface area contributed by atoms with Gasteiger partial charge in [-0.25, -0.2) is 13.0 Å². The molecule has 0 radical (unpaired) electrons. The molecule has 1 heterocycles. The van der Waals surface area contributed by atoms with E-state index < -0.39 is 16.6 Å². The van der Waals surface area contributed by atoms with Gasteiger partial charge in [0, 0.05) is 5.25 Å². The van der Waals surface area contributed by atoms with Gasteiger partial charge in [-0.15, -0.1) is 0 Å². The summed E-state index contributed by atoms with van der Waals surface area (Å²) in [6, 6.07) is 0. The molecule has 0 amide bonds. The van der Waals surface area contributed by atoms with Gasteiger partial charge < -0.3 is 9.05 Å². The van der Waals surface area contributed by atoms with Crippen LogP contribution in [0, 0.1) is 0 Å². The molecular formula is C8H17O5PS2. The van der Waals surface area contributed by atoms with Crippen molar-refractivity contribution in [2.45, 2.75) is 25.5 Å². The zero-order valence-corrected chi connectivity index (χ0v) is 11.9. The van der Waals surface area contributed by atoms with Crippen molar-refractivity contribution in [3.05, 3.63) is 0 Å². The zero-order valence-electron chi connectivity index (χ0n) is 9.42. The third kappa shape index (κ3) is 4.37. The molecule has 16 heavy (non-hydrogen) atoms. The summed E-state index contributed by atoms with van der Waals surface area (Å²) in [5.41, 5.74) is 0. The Hall–Kier alpha value is 0.450. The van der Waals surface area contributed by atoms with E-state index in [0.717, 1.165) is 11.4 Å². The summed E-state index contributed by atoms with van der Waals surface area (Å²) in [7, 11) is -2.95. The lowest BCUT2D eigenvalue weighted by Crippen LogP contribution is -2.07. The number of hydrogen-bond acceptors (Lipinski definition) is 6. The van der Waals surface area contributed by atoms with Crippen LogP contribution in [-0.4, -0.2) is 38.4 Å². The number of sulfone groups is 1. The minimum absolute atomic E-state index is 0.0712. The maximum Gasteiger partial charge on any atom is 0.389 e. The van der Waals surface area contributed by atoms with E-state index in [1.54, 1.807) is 13.8 Å². The molecule has 1 aliphatic heterocycles. The monoisotopic (exact) mass is 288 g/mol. The summed E-state index contributed by atoms with van der Waals surface area (Å²) < 4.78 is 44.8. The number of hydrogen-bond donors (Lipinski definition) is 0. The van der Waals surface area contributed by atoms with Crippen LogP contribution in [0.4, 0.5) is 0 Å². The maximum absolute atomic E-state index is 12.1. The first-order valence-electron chi connectivity index (χ1n) is 5.18. The van der Waals surface area contributed by atoms with Gasteiger partial charge in [-0.2, -0.15) is 0 Å². The van der Waals surface area contributed by atoms with Crippen LogP contribution in [-0.2, 0) is 23.4 Å². The summed E-state index contributed by atoms with van der Waals surface area (Å²) in [5.74, 6) is 0.241. The molecule has 1 unspecified atom stereocenters. The highest BCUT2D eigenvalue weighted by Gasteiger charge is 2.36. The second-order valence-corrected chi connectivity index (χ2v) is 9.90. The van der Waals surface area contributed by atoms with E-state index in [2.05, 4.69) is 0 Å². The molecule has 1 fully saturated rings. The molecule has 0 aromatic rings. The fraction of sp³-hybridized carbons (Fsp3) is 1.00. The van der Waals surface area contributed by atoms with Gasteiger partial charge in [0.05, 0.1) is 24.7 Å². The van der Waals surface area contributed by atoms with Crippen molar-refractivity contribution in [3.8, 4) is 0 Å². The van der Waals surface area contributed by atoms with E-state index in [1.807, 2.05) is 0 Å². The Kier molecular flexibility index (Phi) is 5.32. The molecule has 0 saturated carbocycles. The van der Waals surface area contributed by atoms with E-state index in [1.165, 1.54) is 0 Å². The van der Waals surface area contributed by atoms with Crippen molar-refractivity contribution in [2.24, 2.45) is 0 Å². The van der Waals surface area contributed by atoms with Crippen LogP contribution in [0.15, 0.2) is 0 Å². The molecule has 1 aliphatic rings. The fourth-order valence-corrected chi connectivity index (χ4v) is 8.37. The summed E-state index contributed by atoms with van der Waals surface area (Å²) >= 11 is 1.04. The fourth-order valence-electron chi connectivity index (χ4n) is 1.44. The summed E-state index contributed by atoms with van der Waals surface area (Å²) in [6.45, 7) is 0.886. The van der Waals surface area contributed by atoms with Crippen molar-refractivity contribution < 1.29 is 22.0 Å². The quantitative estimate of drug-likeness (QED) is 0.697. The standard InChI is InChI=1S/C8H17O5PS2/c1-3-12-14(9,13-4-2)15-8-5-6-16(10,11)7-8/h8H,3-7H2,1-2H3. The van der Waals surface area contributed by atoms with Crippen LogP contribution in [0.5, 0.6) is 0 Å². The van der Waals surface area contributed by atoms with Crippen LogP contribution in [0.1, 0.15) is 20.3 Å². The summed E-state index contributed by atoms with van der Waals surface area (Å²) in [6.07, 6.45) is 0.525. The molecular weight excluding hydrogens is 271 g/mol. The first kappa shape index (κ1) is 14.5. The molecule has 8 heteroatoms. The third-order valence-corrected chi connectivity index (χ3v) is 8.43. The van der Waals surface area contributed by atoms with E-state index in [-0.39, 0.29) is 16.8 Å². The molecule has 0 aliphatic carbocycles. The van der Waals surface area contributed by atoms with Crippen LogP contribution >= 0.6 is 18.2 Å². The molecule has 0 aromatic heterocycles. The molecule has 5 nitrogen and oxygen atoms in total. The Morgan fingerprint density at radius 3 is 2.25 bits per heavy atom. The molecule has 0 N–H and O–H groups in total. The molecule has 1 atom stereocenters. The van der Waals surface area contributed by atoms with Gasteiger partial charge in [0.1, 0.15) is 0 Å². The van der Waals surface area contributed by atoms with E-state index in [9.17, 15) is 13.0 Å². The Morgan fingerprint density at radius 2 is 1.88 bits per heavy atom. The Balaban J connectivity index is 2.60. The Bertz CT molecular complexity index is 357. The molecule has 0 spiro atoms. The number of rotatable bonds is 6. The van der Waals surface area contributed by atoms with Gasteiger partial charge in [-0.05, 0) is 31.7 Å². The van der Waals surface area contributed by atoms with Gasteiger partial charge in [0.2, 0.25) is 0 Å². The normalized spacial score (nSPS) is 24.8. The van der Waals surface area contributed by atoms with E-state index >= 15 is 0 Å². The topological polar surface area (TPSA) is 69.7 Å². The average Bonchev–Trinajstić information content (AvgIpc) is 2.45. The van der Waals surface area contributed by atoms with Crippen molar-refractivity contribution in [3.63, 3.8) is 0 Å². The predicted octanol–water partition coefficient (Wildman–Crippen LogP) is 2.09. The van der Waals surface area contributed by atoms with Crippen molar-refractivity contribution in [1.82, 2.24) is 0 Å².